The van der Waals surface area contributed by atoms with Crippen molar-refractivity contribution >= 4 is 22.4 Å². The van der Waals surface area contributed by atoms with Gasteiger partial charge in [-0.1, -0.05) is 0 Å². The molecular formula is C10H19ClN4O2S. The molecule has 0 amide bonds. The fraction of sp³-hybridized carbons (Fsp3) is 0.700. The molecular weight excluding hydrogens is 276 g/mol. The Kier molecular flexibility index (Phi) is 4.77. The van der Waals surface area contributed by atoms with Crippen LogP contribution in [-0.4, -0.2) is 48.2 Å². The molecule has 2 heterocycles. The van der Waals surface area contributed by atoms with E-state index in [0.717, 1.165) is 0 Å². The molecule has 1 aromatic rings. The number of nitrogens with one attached hydrogen (secondary N) is 1. The number of nitrogens with zero attached hydrogens (tertiary/aromatic N) is 3. The molecule has 18 heavy (non-hydrogen) atoms. The second-order valence-electron chi connectivity index (χ2n) is 4.39. The molecule has 1 aromatic heterocycles. The van der Waals surface area contributed by atoms with Crippen molar-refractivity contribution in [1.29, 1.82) is 0 Å². The van der Waals surface area contributed by atoms with E-state index in [4.69, 9.17) is 0 Å². The molecule has 0 aliphatic carbocycles. The van der Waals surface area contributed by atoms with Gasteiger partial charge in [-0.2, -0.15) is 9.40 Å². The average Bonchev–Trinajstić information content (AvgIpc) is 2.60. The van der Waals surface area contributed by atoms with Crippen molar-refractivity contribution in [1.82, 2.24) is 19.4 Å². The SMILES string of the molecule is Cc1c(S(=O)(=O)N2CCNCC2C)cnn1C.Cl. The summed E-state index contributed by atoms with van der Waals surface area (Å²) in [5.74, 6) is 0. The van der Waals surface area contributed by atoms with Crippen LogP contribution in [0.25, 0.3) is 0 Å². The number of hydrogen-bond donors (Lipinski definition) is 1. The third kappa shape index (κ3) is 2.54. The second-order valence-corrected chi connectivity index (χ2v) is 6.25. The highest BCUT2D eigenvalue weighted by Crippen LogP contribution is 2.21. The maximum absolute atomic E-state index is 12.5. The van der Waals surface area contributed by atoms with Crippen molar-refractivity contribution in [2.75, 3.05) is 19.6 Å². The lowest BCUT2D eigenvalue weighted by molar-refractivity contribution is 0.283. The molecule has 0 spiro atoms. The lowest BCUT2D eigenvalue weighted by atomic mass is 10.3. The Balaban J connectivity index is 0.00000162. The maximum Gasteiger partial charge on any atom is 0.246 e. The van der Waals surface area contributed by atoms with Crippen LogP contribution in [-0.2, 0) is 17.1 Å². The molecule has 2 rings (SSSR count). The maximum atomic E-state index is 12.5. The van der Waals surface area contributed by atoms with Gasteiger partial charge in [0.1, 0.15) is 4.90 Å². The molecule has 0 bridgehead atoms. The summed E-state index contributed by atoms with van der Waals surface area (Å²) in [4.78, 5) is 0.314. The summed E-state index contributed by atoms with van der Waals surface area (Å²) in [5.41, 5.74) is 0.677. The number of sulfonamides is 1. The van der Waals surface area contributed by atoms with Gasteiger partial charge in [0, 0.05) is 32.7 Å². The van der Waals surface area contributed by atoms with Gasteiger partial charge < -0.3 is 5.32 Å². The zero-order valence-electron chi connectivity index (χ0n) is 10.8. The van der Waals surface area contributed by atoms with Crippen LogP contribution in [0.1, 0.15) is 12.6 Å². The summed E-state index contributed by atoms with van der Waals surface area (Å²) < 4.78 is 28.1. The Hall–Kier alpha value is -0.630. The van der Waals surface area contributed by atoms with Crippen LogP contribution in [0.3, 0.4) is 0 Å². The zero-order chi connectivity index (χ0) is 12.6. The summed E-state index contributed by atoms with van der Waals surface area (Å²) in [6.07, 6.45) is 1.43. The zero-order valence-corrected chi connectivity index (χ0v) is 12.4. The minimum atomic E-state index is -3.41. The van der Waals surface area contributed by atoms with Crippen LogP contribution in [0.5, 0.6) is 0 Å². The summed E-state index contributed by atoms with van der Waals surface area (Å²) in [6, 6.07) is -0.0200. The highest BCUT2D eigenvalue weighted by atomic mass is 35.5. The van der Waals surface area contributed by atoms with Crippen LogP contribution in [0.15, 0.2) is 11.1 Å². The predicted octanol–water partition coefficient (Wildman–Crippen LogP) is 0.133. The Morgan fingerprint density at radius 2 is 2.17 bits per heavy atom. The minimum Gasteiger partial charge on any atom is -0.314 e. The Labute approximate surface area is 114 Å². The molecule has 0 radical (unpaired) electrons. The van der Waals surface area contributed by atoms with Crippen LogP contribution in [0.2, 0.25) is 0 Å². The smallest absolute Gasteiger partial charge is 0.246 e. The van der Waals surface area contributed by atoms with Gasteiger partial charge in [-0.05, 0) is 13.8 Å². The van der Waals surface area contributed by atoms with Crippen LogP contribution < -0.4 is 5.32 Å². The number of hydrogen-bond acceptors (Lipinski definition) is 4. The van der Waals surface area contributed by atoms with Crippen LogP contribution >= 0.6 is 12.4 Å². The first-order valence-electron chi connectivity index (χ1n) is 5.65. The van der Waals surface area contributed by atoms with Crippen molar-refractivity contribution in [3.05, 3.63) is 11.9 Å². The first-order valence-corrected chi connectivity index (χ1v) is 7.09. The van der Waals surface area contributed by atoms with Crippen LogP contribution in [0, 0.1) is 6.92 Å². The molecule has 1 atom stereocenters. The molecule has 1 aliphatic heterocycles. The van der Waals surface area contributed by atoms with E-state index < -0.39 is 10.0 Å². The standard InChI is InChI=1S/C10H18N4O2S.ClH/c1-8-6-11-4-5-14(8)17(15,16)10-7-12-13(3)9(10)2;/h7-8,11H,4-6H2,1-3H3;1H. The van der Waals surface area contributed by atoms with Gasteiger partial charge in [0.15, 0.2) is 0 Å². The quantitative estimate of drug-likeness (QED) is 0.842. The largest absolute Gasteiger partial charge is 0.314 e. The Morgan fingerprint density at radius 1 is 1.50 bits per heavy atom. The fourth-order valence-corrected chi connectivity index (χ4v) is 3.86. The van der Waals surface area contributed by atoms with Crippen LogP contribution in [0.4, 0.5) is 0 Å². The summed E-state index contributed by atoms with van der Waals surface area (Å²) in [7, 11) is -1.67. The third-order valence-corrected chi connectivity index (χ3v) is 5.33. The number of rotatable bonds is 2. The molecule has 8 heteroatoms. The first-order chi connectivity index (χ1) is 7.94. The van der Waals surface area contributed by atoms with E-state index in [2.05, 4.69) is 10.4 Å². The number of aromatic nitrogens is 2. The molecule has 6 nitrogen and oxygen atoms in total. The van der Waals surface area contributed by atoms with E-state index >= 15 is 0 Å². The van der Waals surface area contributed by atoms with Gasteiger partial charge in [0.05, 0.1) is 11.9 Å². The topological polar surface area (TPSA) is 67.2 Å². The fourth-order valence-electron chi connectivity index (χ4n) is 2.04. The van der Waals surface area contributed by atoms with Gasteiger partial charge in [0.25, 0.3) is 0 Å². The van der Waals surface area contributed by atoms with Gasteiger partial charge in [-0.3, -0.25) is 4.68 Å². The Bertz CT molecular complexity index is 514. The van der Waals surface area contributed by atoms with Gasteiger partial charge in [-0.15, -0.1) is 12.4 Å². The van der Waals surface area contributed by atoms with Crippen molar-refractivity contribution < 1.29 is 8.42 Å². The number of halogens is 1. The van der Waals surface area contributed by atoms with Gasteiger partial charge in [0.2, 0.25) is 10.0 Å². The van der Waals surface area contributed by atoms with Gasteiger partial charge in [-0.25, -0.2) is 8.42 Å². The van der Waals surface area contributed by atoms with E-state index in [1.807, 2.05) is 6.92 Å². The van der Waals surface area contributed by atoms with E-state index in [-0.39, 0.29) is 18.4 Å². The first kappa shape index (κ1) is 15.4. The third-order valence-electron chi connectivity index (χ3n) is 3.22. The minimum absolute atomic E-state index is 0. The van der Waals surface area contributed by atoms with E-state index in [9.17, 15) is 8.42 Å². The summed E-state index contributed by atoms with van der Waals surface area (Å²) in [6.45, 7) is 5.58. The van der Waals surface area contributed by atoms with Gasteiger partial charge >= 0.3 is 0 Å². The monoisotopic (exact) mass is 294 g/mol. The van der Waals surface area contributed by atoms with E-state index in [1.54, 1.807) is 23.0 Å². The number of piperazine rings is 1. The lowest BCUT2D eigenvalue weighted by Gasteiger charge is -2.32. The van der Waals surface area contributed by atoms with E-state index in [0.29, 0.717) is 30.2 Å². The molecule has 1 fully saturated rings. The second kappa shape index (κ2) is 5.56. The van der Waals surface area contributed by atoms with E-state index in [1.165, 1.54) is 6.20 Å². The summed E-state index contributed by atoms with van der Waals surface area (Å²) in [5, 5.41) is 7.18. The highest BCUT2D eigenvalue weighted by Gasteiger charge is 2.33. The molecule has 1 unspecified atom stereocenters. The molecule has 0 aromatic carbocycles. The lowest BCUT2D eigenvalue weighted by Crippen LogP contribution is -2.52. The molecule has 1 N–H and O–H groups in total. The van der Waals surface area contributed by atoms with Crippen molar-refractivity contribution in [2.45, 2.75) is 24.8 Å². The highest BCUT2D eigenvalue weighted by molar-refractivity contribution is 7.89. The van der Waals surface area contributed by atoms with Crippen molar-refractivity contribution in [3.8, 4) is 0 Å². The molecule has 104 valence electrons. The van der Waals surface area contributed by atoms with Crippen molar-refractivity contribution in [3.63, 3.8) is 0 Å². The van der Waals surface area contributed by atoms with Crippen molar-refractivity contribution in [2.24, 2.45) is 7.05 Å². The Morgan fingerprint density at radius 3 is 2.67 bits per heavy atom. The molecule has 0 saturated carbocycles. The average molecular weight is 295 g/mol. The summed E-state index contributed by atoms with van der Waals surface area (Å²) >= 11 is 0. The predicted molar refractivity (Wildman–Crippen MR) is 71.4 cm³/mol. The molecule has 1 aliphatic rings. The number of aryl methyl sites for hydroxylation is 1. The normalized spacial score (nSPS) is 21.6. The molecule has 1 saturated heterocycles.